The Hall–Kier alpha value is -0.930. The Balaban J connectivity index is 1.88. The summed E-state index contributed by atoms with van der Waals surface area (Å²) in [6, 6.07) is 11.4. The maximum Gasteiger partial charge on any atom is 0.0653 e. The van der Waals surface area contributed by atoms with Gasteiger partial charge in [-0.1, -0.05) is 32.0 Å². The minimum atomic E-state index is 0.463. The molecule has 0 bridgehead atoms. The van der Waals surface area contributed by atoms with E-state index in [4.69, 9.17) is 0 Å². The lowest BCUT2D eigenvalue weighted by molar-refractivity contribution is 0.669. The minimum Gasteiger partial charge on any atom is -0.378 e. The van der Waals surface area contributed by atoms with Gasteiger partial charge in [-0.2, -0.15) is 0 Å². The van der Waals surface area contributed by atoms with Crippen molar-refractivity contribution in [1.29, 1.82) is 0 Å². The van der Waals surface area contributed by atoms with Gasteiger partial charge in [0.1, 0.15) is 0 Å². The summed E-state index contributed by atoms with van der Waals surface area (Å²) in [7, 11) is 0. The maximum atomic E-state index is 3.77. The largest absolute Gasteiger partial charge is 0.378 e. The van der Waals surface area contributed by atoms with Gasteiger partial charge in [0.15, 0.2) is 0 Å². The first-order valence-electron chi connectivity index (χ1n) is 6.86. The van der Waals surface area contributed by atoms with Crippen LogP contribution in [0.25, 0.3) is 0 Å². The van der Waals surface area contributed by atoms with Crippen molar-refractivity contribution in [1.82, 2.24) is 0 Å². The Kier molecular flexibility index (Phi) is 3.85. The van der Waals surface area contributed by atoms with Crippen LogP contribution in [-0.2, 0) is 6.42 Å². The van der Waals surface area contributed by atoms with Crippen LogP contribution in [0.4, 0.5) is 5.69 Å². The van der Waals surface area contributed by atoms with Crippen molar-refractivity contribution >= 4 is 28.8 Å². The van der Waals surface area contributed by atoms with Gasteiger partial charge in [-0.05, 0) is 41.5 Å². The average Bonchev–Trinajstić information content (AvgIpc) is 2.87. The average molecular weight is 289 g/mol. The van der Waals surface area contributed by atoms with E-state index in [0.717, 1.165) is 6.42 Å². The van der Waals surface area contributed by atoms with Crippen molar-refractivity contribution in [3.63, 3.8) is 0 Å². The highest BCUT2D eigenvalue weighted by Gasteiger charge is 2.26. The molecule has 100 valence electrons. The Morgan fingerprint density at radius 2 is 2.11 bits per heavy atom. The number of hydrogen-bond donors (Lipinski definition) is 1. The highest BCUT2D eigenvalue weighted by atomic mass is 32.2. The molecule has 0 spiro atoms. The Labute approximate surface area is 123 Å². The van der Waals surface area contributed by atoms with E-state index >= 15 is 0 Å². The van der Waals surface area contributed by atoms with E-state index in [9.17, 15) is 0 Å². The van der Waals surface area contributed by atoms with E-state index in [2.05, 4.69) is 54.9 Å². The predicted molar refractivity (Wildman–Crippen MR) is 86.4 cm³/mol. The second-order valence-corrected chi connectivity index (χ2v) is 7.66. The molecule has 1 nitrogen and oxygen atoms in total. The number of thioether (sulfide) groups is 1. The van der Waals surface area contributed by atoms with E-state index < -0.39 is 0 Å². The summed E-state index contributed by atoms with van der Waals surface area (Å²) in [5.41, 5.74) is 4.19. The SMILES string of the molecule is CCc1ccccc1NC1C[C@H](C)Sc2sccc21. The summed E-state index contributed by atoms with van der Waals surface area (Å²) in [5, 5.41) is 6.68. The fourth-order valence-electron chi connectivity index (χ4n) is 2.64. The summed E-state index contributed by atoms with van der Waals surface area (Å²) >= 11 is 3.90. The van der Waals surface area contributed by atoms with Crippen molar-refractivity contribution in [3.8, 4) is 0 Å². The number of nitrogens with one attached hydrogen (secondary N) is 1. The van der Waals surface area contributed by atoms with Crippen LogP contribution in [0.1, 0.15) is 37.4 Å². The molecule has 0 amide bonds. The van der Waals surface area contributed by atoms with Crippen molar-refractivity contribution in [2.45, 2.75) is 42.2 Å². The molecule has 0 radical (unpaired) electrons. The number of para-hydroxylation sites is 1. The molecule has 2 aromatic rings. The highest BCUT2D eigenvalue weighted by Crippen LogP contribution is 2.45. The molecule has 0 saturated carbocycles. The molecule has 1 aromatic heterocycles. The Morgan fingerprint density at radius 1 is 1.26 bits per heavy atom. The minimum absolute atomic E-state index is 0.463. The van der Waals surface area contributed by atoms with E-state index in [-0.39, 0.29) is 0 Å². The Bertz CT molecular complexity index is 561. The van der Waals surface area contributed by atoms with Crippen LogP contribution in [0, 0.1) is 0 Å². The van der Waals surface area contributed by atoms with Gasteiger partial charge in [0.05, 0.1) is 10.3 Å². The zero-order valence-corrected chi connectivity index (χ0v) is 13.0. The van der Waals surface area contributed by atoms with Crippen molar-refractivity contribution < 1.29 is 0 Å². The quantitative estimate of drug-likeness (QED) is 0.817. The third kappa shape index (κ3) is 2.67. The third-order valence-electron chi connectivity index (χ3n) is 3.64. The summed E-state index contributed by atoms with van der Waals surface area (Å²) in [6.45, 7) is 4.55. The van der Waals surface area contributed by atoms with Crippen LogP contribution >= 0.6 is 23.1 Å². The van der Waals surface area contributed by atoms with E-state index in [0.29, 0.717) is 11.3 Å². The number of thiophene rings is 1. The third-order valence-corrected chi connectivity index (χ3v) is 5.98. The van der Waals surface area contributed by atoms with Crippen LogP contribution in [0.3, 0.4) is 0 Å². The molecule has 2 heterocycles. The van der Waals surface area contributed by atoms with E-state index in [1.807, 2.05) is 23.1 Å². The first-order chi connectivity index (χ1) is 9.28. The normalized spacial score (nSPS) is 22.0. The van der Waals surface area contributed by atoms with E-state index in [1.165, 1.54) is 27.4 Å². The van der Waals surface area contributed by atoms with Crippen LogP contribution in [0.5, 0.6) is 0 Å². The molecule has 0 saturated heterocycles. The summed E-state index contributed by atoms with van der Waals surface area (Å²) in [4.78, 5) is 0. The number of benzene rings is 1. The molecule has 2 atom stereocenters. The number of rotatable bonds is 3. The zero-order valence-electron chi connectivity index (χ0n) is 11.3. The zero-order chi connectivity index (χ0) is 13.2. The number of aryl methyl sites for hydroxylation is 1. The molecule has 1 aromatic carbocycles. The topological polar surface area (TPSA) is 12.0 Å². The lowest BCUT2D eigenvalue weighted by atomic mass is 10.0. The predicted octanol–water partition coefficient (Wildman–Crippen LogP) is 5.35. The van der Waals surface area contributed by atoms with Gasteiger partial charge < -0.3 is 5.32 Å². The molecule has 0 fully saturated rings. The first kappa shape index (κ1) is 13.1. The molecule has 1 unspecified atom stereocenters. The summed E-state index contributed by atoms with van der Waals surface area (Å²) in [5.74, 6) is 0. The van der Waals surface area contributed by atoms with Crippen LogP contribution in [0.15, 0.2) is 39.9 Å². The van der Waals surface area contributed by atoms with Gasteiger partial charge in [0.2, 0.25) is 0 Å². The molecular weight excluding hydrogens is 270 g/mol. The van der Waals surface area contributed by atoms with Crippen LogP contribution in [-0.4, -0.2) is 5.25 Å². The highest BCUT2D eigenvalue weighted by molar-refractivity contribution is 8.01. The smallest absolute Gasteiger partial charge is 0.0653 e. The first-order valence-corrected chi connectivity index (χ1v) is 8.62. The van der Waals surface area contributed by atoms with Gasteiger partial charge in [0.25, 0.3) is 0 Å². The molecule has 3 heteroatoms. The van der Waals surface area contributed by atoms with Crippen LogP contribution in [0.2, 0.25) is 0 Å². The molecule has 3 rings (SSSR count). The summed E-state index contributed by atoms with van der Waals surface area (Å²) in [6.07, 6.45) is 2.28. The van der Waals surface area contributed by atoms with Gasteiger partial charge in [-0.25, -0.2) is 0 Å². The number of hydrogen-bond acceptors (Lipinski definition) is 3. The Morgan fingerprint density at radius 3 is 2.95 bits per heavy atom. The standard InChI is InChI=1S/C16H19NS2/c1-3-12-6-4-5-7-14(12)17-15-10-11(2)19-16-13(15)8-9-18-16/h4-9,11,15,17H,3,10H2,1-2H3/t11-,15?/m0/s1. The van der Waals surface area contributed by atoms with Gasteiger partial charge in [-0.3, -0.25) is 0 Å². The van der Waals surface area contributed by atoms with Crippen molar-refractivity contribution in [2.75, 3.05) is 5.32 Å². The van der Waals surface area contributed by atoms with Crippen molar-refractivity contribution in [2.24, 2.45) is 0 Å². The lowest BCUT2D eigenvalue weighted by Gasteiger charge is -2.29. The lowest BCUT2D eigenvalue weighted by Crippen LogP contribution is -2.19. The second kappa shape index (κ2) is 5.59. The van der Waals surface area contributed by atoms with Gasteiger partial charge in [-0.15, -0.1) is 23.1 Å². The molecule has 19 heavy (non-hydrogen) atoms. The van der Waals surface area contributed by atoms with E-state index in [1.54, 1.807) is 0 Å². The molecule has 0 aliphatic carbocycles. The molecule has 1 N–H and O–H groups in total. The molecule has 1 aliphatic heterocycles. The second-order valence-electron chi connectivity index (χ2n) is 5.04. The maximum absolute atomic E-state index is 3.77. The van der Waals surface area contributed by atoms with Gasteiger partial charge >= 0.3 is 0 Å². The number of fused-ring (bicyclic) bond motifs is 1. The van der Waals surface area contributed by atoms with Crippen LogP contribution < -0.4 is 5.32 Å². The summed E-state index contributed by atoms with van der Waals surface area (Å²) < 4.78 is 1.49. The fourth-order valence-corrected chi connectivity index (χ4v) is 5.21. The monoisotopic (exact) mass is 289 g/mol. The number of anilines is 1. The van der Waals surface area contributed by atoms with Gasteiger partial charge in [0, 0.05) is 10.9 Å². The molecule has 1 aliphatic rings. The molecular formula is C16H19NS2. The fraction of sp³-hybridized carbons (Fsp3) is 0.375. The van der Waals surface area contributed by atoms with Crippen molar-refractivity contribution in [3.05, 3.63) is 46.8 Å².